The first kappa shape index (κ1) is 16.4. The summed E-state index contributed by atoms with van der Waals surface area (Å²) in [4.78, 5) is 15.6. The topological polar surface area (TPSA) is 64.4 Å². The van der Waals surface area contributed by atoms with Crippen molar-refractivity contribution in [2.24, 2.45) is 0 Å². The highest BCUT2D eigenvalue weighted by Crippen LogP contribution is 2.32. The second-order valence-corrected chi connectivity index (χ2v) is 5.84. The van der Waals surface area contributed by atoms with Gasteiger partial charge in [0, 0.05) is 31.0 Å². The molecule has 1 aromatic heterocycles. The van der Waals surface area contributed by atoms with E-state index >= 15 is 0 Å². The quantitative estimate of drug-likeness (QED) is 0.797. The predicted octanol–water partition coefficient (Wildman–Crippen LogP) is 2.24. The Balaban J connectivity index is 2.53. The van der Waals surface area contributed by atoms with Gasteiger partial charge in [-0.05, 0) is 19.4 Å². The lowest BCUT2D eigenvalue weighted by Gasteiger charge is -2.33. The van der Waals surface area contributed by atoms with Crippen LogP contribution in [0.4, 0.5) is 0 Å². The summed E-state index contributed by atoms with van der Waals surface area (Å²) in [5.41, 5.74) is 1.25. The number of carbonyl (C=O) groups excluding carboxylic acids is 1. The van der Waals surface area contributed by atoms with Crippen LogP contribution >= 0.6 is 0 Å². The zero-order valence-corrected chi connectivity index (χ0v) is 13.2. The third-order valence-corrected chi connectivity index (χ3v) is 3.67. The van der Waals surface area contributed by atoms with Gasteiger partial charge in [0.1, 0.15) is 6.29 Å². The molecule has 1 atom stereocenters. The molecule has 2 rings (SSSR count). The number of rotatable bonds is 7. The van der Waals surface area contributed by atoms with Crippen LogP contribution in [0, 0.1) is 0 Å². The lowest BCUT2D eigenvalue weighted by Crippen LogP contribution is -2.35. The molecule has 0 aliphatic carbocycles. The fraction of sp³-hybridized carbons (Fsp3) is 0.412. The summed E-state index contributed by atoms with van der Waals surface area (Å²) in [6.07, 6.45) is 4.96. The first-order valence-corrected chi connectivity index (χ1v) is 7.25. The van der Waals surface area contributed by atoms with E-state index < -0.39 is 11.6 Å². The van der Waals surface area contributed by atoms with Gasteiger partial charge in [-0.3, -0.25) is 4.79 Å². The first-order chi connectivity index (χ1) is 10.5. The van der Waals surface area contributed by atoms with E-state index in [4.69, 9.17) is 4.74 Å². The Morgan fingerprint density at radius 2 is 2.14 bits per heavy atom. The molecule has 1 N–H and O–H groups in total. The molecule has 0 aliphatic rings. The zero-order valence-electron chi connectivity index (χ0n) is 13.2. The van der Waals surface area contributed by atoms with Gasteiger partial charge in [0.05, 0.1) is 24.6 Å². The molecular weight excluding hydrogens is 280 g/mol. The smallest absolute Gasteiger partial charge is 0.150 e. The van der Waals surface area contributed by atoms with Crippen molar-refractivity contribution in [3.63, 3.8) is 0 Å². The normalized spacial score (nSPS) is 13.1. The maximum Gasteiger partial charge on any atom is 0.150 e. The van der Waals surface area contributed by atoms with E-state index in [9.17, 15) is 9.90 Å². The Morgan fingerprint density at radius 3 is 2.77 bits per heavy atom. The summed E-state index contributed by atoms with van der Waals surface area (Å²) in [5, 5.41) is 10.7. The van der Waals surface area contributed by atoms with Gasteiger partial charge in [0.15, 0.2) is 0 Å². The molecule has 0 saturated heterocycles. The highest BCUT2D eigenvalue weighted by molar-refractivity contribution is 5.77. The number of aromatic nitrogens is 2. The SMILES string of the molecule is COCCc1cncn1C(c1ccccc1C=O)C(C)(C)O. The molecule has 22 heavy (non-hydrogen) atoms. The number of imidazole rings is 1. The molecule has 118 valence electrons. The fourth-order valence-electron chi connectivity index (χ4n) is 2.70. The summed E-state index contributed by atoms with van der Waals surface area (Å²) in [6, 6.07) is 6.91. The fourth-order valence-corrected chi connectivity index (χ4v) is 2.70. The number of ether oxygens (including phenoxy) is 1. The Kier molecular flexibility index (Phi) is 5.11. The van der Waals surface area contributed by atoms with Crippen LogP contribution in [0.3, 0.4) is 0 Å². The number of hydrogen-bond acceptors (Lipinski definition) is 4. The number of aldehydes is 1. The van der Waals surface area contributed by atoms with E-state index in [2.05, 4.69) is 4.98 Å². The summed E-state index contributed by atoms with van der Waals surface area (Å²) >= 11 is 0. The summed E-state index contributed by atoms with van der Waals surface area (Å²) in [5.74, 6) is 0. The Hall–Kier alpha value is -1.98. The second kappa shape index (κ2) is 6.85. The van der Waals surface area contributed by atoms with E-state index in [-0.39, 0.29) is 0 Å². The van der Waals surface area contributed by atoms with Gasteiger partial charge >= 0.3 is 0 Å². The number of benzene rings is 1. The molecule has 0 aliphatic heterocycles. The summed E-state index contributed by atoms with van der Waals surface area (Å²) < 4.78 is 7.04. The van der Waals surface area contributed by atoms with Crippen molar-refractivity contribution in [3.05, 3.63) is 53.6 Å². The molecular formula is C17H22N2O3. The molecule has 0 saturated carbocycles. The molecule has 1 heterocycles. The van der Waals surface area contributed by atoms with Crippen molar-refractivity contribution in [2.75, 3.05) is 13.7 Å². The standard InChI is InChI=1S/C17H22N2O3/c1-17(2,21)16(15-7-5-4-6-13(15)11-20)19-12-18-10-14(19)8-9-22-3/h4-7,10-12,16,21H,8-9H2,1-3H3. The third kappa shape index (κ3) is 3.43. The number of carbonyl (C=O) groups is 1. The van der Waals surface area contributed by atoms with E-state index in [0.29, 0.717) is 18.6 Å². The molecule has 0 fully saturated rings. The minimum atomic E-state index is -1.05. The maximum absolute atomic E-state index is 11.4. The number of aliphatic hydroxyl groups is 1. The Labute approximate surface area is 130 Å². The molecule has 5 nitrogen and oxygen atoms in total. The number of methoxy groups -OCH3 is 1. The average molecular weight is 302 g/mol. The number of nitrogens with zero attached hydrogens (tertiary/aromatic N) is 2. The van der Waals surface area contributed by atoms with Crippen LogP contribution < -0.4 is 0 Å². The van der Waals surface area contributed by atoms with E-state index in [1.165, 1.54) is 0 Å². The molecule has 1 unspecified atom stereocenters. The Bertz CT molecular complexity index is 629. The molecule has 2 aromatic rings. The molecule has 0 bridgehead atoms. The number of hydrogen-bond donors (Lipinski definition) is 1. The lowest BCUT2D eigenvalue weighted by molar-refractivity contribution is 0.0375. The van der Waals surface area contributed by atoms with Gasteiger partial charge in [0.25, 0.3) is 0 Å². The molecule has 5 heteroatoms. The van der Waals surface area contributed by atoms with Crippen LogP contribution in [-0.2, 0) is 11.2 Å². The Morgan fingerprint density at radius 1 is 1.41 bits per heavy atom. The lowest BCUT2D eigenvalue weighted by atomic mass is 9.88. The minimum absolute atomic E-state index is 0.400. The van der Waals surface area contributed by atoms with Gasteiger partial charge < -0.3 is 14.4 Å². The van der Waals surface area contributed by atoms with E-state index in [1.807, 2.05) is 22.8 Å². The van der Waals surface area contributed by atoms with Crippen molar-refractivity contribution >= 4 is 6.29 Å². The van der Waals surface area contributed by atoms with Crippen LogP contribution in [0.15, 0.2) is 36.8 Å². The maximum atomic E-state index is 11.4. The highest BCUT2D eigenvalue weighted by Gasteiger charge is 2.32. The van der Waals surface area contributed by atoms with Crippen molar-refractivity contribution in [1.29, 1.82) is 0 Å². The van der Waals surface area contributed by atoms with E-state index in [1.54, 1.807) is 39.5 Å². The monoisotopic (exact) mass is 302 g/mol. The van der Waals surface area contributed by atoms with Crippen LogP contribution in [0.5, 0.6) is 0 Å². The van der Waals surface area contributed by atoms with Crippen molar-refractivity contribution < 1.29 is 14.6 Å². The third-order valence-electron chi connectivity index (χ3n) is 3.67. The predicted molar refractivity (Wildman–Crippen MR) is 84.1 cm³/mol. The van der Waals surface area contributed by atoms with Gasteiger partial charge in [-0.15, -0.1) is 0 Å². The molecule has 0 amide bonds. The molecule has 0 spiro atoms. The van der Waals surface area contributed by atoms with Crippen LogP contribution in [0.1, 0.15) is 41.5 Å². The summed E-state index contributed by atoms with van der Waals surface area (Å²) in [7, 11) is 1.65. The first-order valence-electron chi connectivity index (χ1n) is 7.25. The van der Waals surface area contributed by atoms with Gasteiger partial charge in [-0.1, -0.05) is 24.3 Å². The zero-order chi connectivity index (χ0) is 16.2. The minimum Gasteiger partial charge on any atom is -0.388 e. The van der Waals surface area contributed by atoms with Gasteiger partial charge in [-0.25, -0.2) is 4.98 Å². The van der Waals surface area contributed by atoms with Crippen LogP contribution in [0.25, 0.3) is 0 Å². The summed E-state index contributed by atoms with van der Waals surface area (Å²) in [6.45, 7) is 4.04. The second-order valence-electron chi connectivity index (χ2n) is 5.84. The molecule has 0 radical (unpaired) electrons. The largest absolute Gasteiger partial charge is 0.388 e. The van der Waals surface area contributed by atoms with Gasteiger partial charge in [0.2, 0.25) is 0 Å². The van der Waals surface area contributed by atoms with Crippen LogP contribution in [-0.4, -0.2) is 40.3 Å². The van der Waals surface area contributed by atoms with E-state index in [0.717, 1.165) is 17.5 Å². The average Bonchev–Trinajstić information content (AvgIpc) is 2.92. The molecule has 1 aromatic carbocycles. The van der Waals surface area contributed by atoms with Crippen molar-refractivity contribution in [2.45, 2.75) is 31.9 Å². The van der Waals surface area contributed by atoms with Crippen molar-refractivity contribution in [3.8, 4) is 0 Å². The highest BCUT2D eigenvalue weighted by atomic mass is 16.5. The van der Waals surface area contributed by atoms with Crippen LogP contribution in [0.2, 0.25) is 0 Å². The van der Waals surface area contributed by atoms with Crippen molar-refractivity contribution in [1.82, 2.24) is 9.55 Å². The van der Waals surface area contributed by atoms with Gasteiger partial charge in [-0.2, -0.15) is 0 Å².